The third kappa shape index (κ3) is 10.8. The minimum atomic E-state index is 0. The minimum absolute atomic E-state index is 0. The second-order valence-corrected chi connectivity index (χ2v) is 1.49. The average Bonchev–Trinajstić information content (AvgIpc) is 1.61. The normalized spacial score (nSPS) is 7.71. The molecule has 0 aromatic rings. The van der Waals surface area contributed by atoms with E-state index in [0.717, 1.165) is 0 Å². The Morgan fingerprint density at radius 2 is 1.86 bits per heavy atom. The Morgan fingerprint density at radius 3 is 2.00 bits per heavy atom. The highest BCUT2D eigenvalue weighted by molar-refractivity contribution is 5.75. The number of hydrogen-bond acceptors (Lipinski definition) is 0. The Kier molecular flexibility index (Phi) is 14.6. The summed E-state index contributed by atoms with van der Waals surface area (Å²) in [6, 6.07) is 0. The maximum absolute atomic E-state index is 2.31. The Balaban J connectivity index is 0. The van der Waals surface area contributed by atoms with E-state index in [0.29, 0.717) is 0 Å². The van der Waals surface area contributed by atoms with Gasteiger partial charge in [0.05, 0.1) is 0 Å². The number of rotatable bonds is 3. The Labute approximate surface area is 57.4 Å². The molecule has 0 spiro atoms. The molecule has 0 atom stereocenters. The van der Waals surface area contributed by atoms with E-state index in [9.17, 15) is 0 Å². The van der Waals surface area contributed by atoms with E-state index in [-0.39, 0.29) is 17.4 Å². The van der Waals surface area contributed by atoms with Crippen LogP contribution in [0, 0.1) is 6.42 Å². The molecule has 1 radical (unpaired) electrons. The van der Waals surface area contributed by atoms with Crippen molar-refractivity contribution in [3.05, 3.63) is 6.42 Å². The second kappa shape index (κ2) is 9.73. The molecule has 0 fully saturated rings. The molecule has 0 aliphatic rings. The molecule has 7 heavy (non-hydrogen) atoms. The topological polar surface area (TPSA) is 0 Å². The van der Waals surface area contributed by atoms with Crippen LogP contribution >= 0.6 is 0 Å². The van der Waals surface area contributed by atoms with E-state index in [1.165, 1.54) is 19.3 Å². The Morgan fingerprint density at radius 1 is 1.29 bits per heavy atom. The molecule has 0 saturated carbocycles. The van der Waals surface area contributed by atoms with Crippen LogP contribution < -0.4 is 0 Å². The lowest BCUT2D eigenvalue weighted by molar-refractivity contribution is 0.852. The van der Waals surface area contributed by atoms with Gasteiger partial charge in [-0.1, -0.05) is 33.1 Å². The van der Waals surface area contributed by atoms with E-state index in [2.05, 4.69) is 20.3 Å². The van der Waals surface area contributed by atoms with E-state index < -0.39 is 0 Å². The highest BCUT2D eigenvalue weighted by atomic mass is 27.0. The van der Waals surface area contributed by atoms with Crippen molar-refractivity contribution in [2.45, 2.75) is 33.1 Å². The van der Waals surface area contributed by atoms with Crippen molar-refractivity contribution in [2.75, 3.05) is 0 Å². The zero-order valence-corrected chi connectivity index (χ0v) is 4.70. The summed E-state index contributed by atoms with van der Waals surface area (Å²) in [6.07, 6.45) is 6.12. The molecular weight excluding hydrogens is 99.0 g/mol. The van der Waals surface area contributed by atoms with Gasteiger partial charge in [0.15, 0.2) is 17.4 Å². The summed E-state index contributed by atoms with van der Waals surface area (Å²) in [5.74, 6) is 0. The highest BCUT2D eigenvalue weighted by Gasteiger charge is 1.75. The van der Waals surface area contributed by atoms with Gasteiger partial charge in [-0.25, -0.2) is 0 Å². The van der Waals surface area contributed by atoms with Crippen molar-refractivity contribution in [2.24, 2.45) is 0 Å². The van der Waals surface area contributed by atoms with Crippen molar-refractivity contribution in [1.29, 1.82) is 0 Å². The average molecular weight is 115 g/mol. The molecule has 43 valence electrons. The van der Waals surface area contributed by atoms with Crippen molar-refractivity contribution in [3.63, 3.8) is 0 Å². The smallest absolute Gasteiger partial charge is 0.0654 e. The van der Waals surface area contributed by atoms with Gasteiger partial charge >= 0.3 is 0 Å². The Hall–Kier alpha value is 0.532. The standard InChI is InChI=1S/C6H13.Al.3H/c1-3-5-6-4-2;;;;/h5H,3-4,6H2,1-2H3;;;;. The zero-order valence-electron chi connectivity index (χ0n) is 4.70. The van der Waals surface area contributed by atoms with Crippen LogP contribution in [0.5, 0.6) is 0 Å². The van der Waals surface area contributed by atoms with Gasteiger partial charge in [0, 0.05) is 0 Å². The minimum Gasteiger partial charge on any atom is -0.0654 e. The van der Waals surface area contributed by atoms with Crippen LogP contribution in [-0.2, 0) is 0 Å². The van der Waals surface area contributed by atoms with E-state index in [1.54, 1.807) is 0 Å². The quantitative estimate of drug-likeness (QED) is 0.383. The lowest BCUT2D eigenvalue weighted by atomic mass is 10.2. The molecule has 0 aliphatic carbocycles. The maximum Gasteiger partial charge on any atom is 0.187 e. The van der Waals surface area contributed by atoms with Crippen molar-refractivity contribution in [3.8, 4) is 0 Å². The summed E-state index contributed by atoms with van der Waals surface area (Å²) in [6.45, 7) is 4.38. The van der Waals surface area contributed by atoms with Crippen LogP contribution in [-0.4, -0.2) is 17.4 Å². The van der Waals surface area contributed by atoms with Gasteiger partial charge in [-0.3, -0.25) is 0 Å². The molecule has 0 amide bonds. The predicted octanol–water partition coefficient (Wildman–Crippen LogP) is 1.22. The molecule has 0 nitrogen and oxygen atoms in total. The third-order valence-electron chi connectivity index (χ3n) is 0.781. The first-order chi connectivity index (χ1) is 2.91. The molecule has 0 aliphatic heterocycles. The summed E-state index contributed by atoms with van der Waals surface area (Å²) in [5, 5.41) is 0. The van der Waals surface area contributed by atoms with Crippen molar-refractivity contribution < 1.29 is 0 Å². The number of unbranched alkanes of at least 4 members (excludes halogenated alkanes) is 3. The molecule has 0 aromatic heterocycles. The largest absolute Gasteiger partial charge is 0.187 e. The van der Waals surface area contributed by atoms with E-state index in [4.69, 9.17) is 0 Å². The second-order valence-electron chi connectivity index (χ2n) is 1.49. The van der Waals surface area contributed by atoms with Crippen LogP contribution in [0.4, 0.5) is 0 Å². The third-order valence-corrected chi connectivity index (χ3v) is 0.781. The predicted molar refractivity (Wildman–Crippen MR) is 39.4 cm³/mol. The first kappa shape index (κ1) is 10.5. The van der Waals surface area contributed by atoms with Gasteiger partial charge in [-0.15, -0.1) is 0 Å². The van der Waals surface area contributed by atoms with Crippen LogP contribution in [0.15, 0.2) is 0 Å². The van der Waals surface area contributed by atoms with Gasteiger partial charge in [0.2, 0.25) is 0 Å². The zero-order chi connectivity index (χ0) is 4.83. The van der Waals surface area contributed by atoms with Gasteiger partial charge in [0.1, 0.15) is 0 Å². The summed E-state index contributed by atoms with van der Waals surface area (Å²) >= 11 is 0. The van der Waals surface area contributed by atoms with Gasteiger partial charge in [-0.05, 0) is 6.42 Å². The summed E-state index contributed by atoms with van der Waals surface area (Å²) in [4.78, 5) is 0. The van der Waals surface area contributed by atoms with Gasteiger partial charge < -0.3 is 0 Å². The van der Waals surface area contributed by atoms with Crippen LogP contribution in [0.2, 0.25) is 0 Å². The van der Waals surface area contributed by atoms with Crippen molar-refractivity contribution in [1.82, 2.24) is 0 Å². The SMILES string of the molecule is CC[CH]CCC.[AlH3]. The fourth-order valence-corrected chi connectivity index (χ4v) is 0.408. The molecular formula is C6H16Al. The van der Waals surface area contributed by atoms with Crippen LogP contribution in [0.25, 0.3) is 0 Å². The van der Waals surface area contributed by atoms with E-state index in [1.807, 2.05) is 0 Å². The molecule has 0 N–H and O–H groups in total. The maximum atomic E-state index is 2.31. The Bertz CT molecular complexity index is 16.1. The molecule has 1 heteroatoms. The molecule has 0 rings (SSSR count). The summed E-state index contributed by atoms with van der Waals surface area (Å²) in [5.41, 5.74) is 0. The molecule has 0 unspecified atom stereocenters. The van der Waals surface area contributed by atoms with Crippen molar-refractivity contribution >= 4 is 17.4 Å². The first-order valence-electron chi connectivity index (χ1n) is 2.73. The number of hydrogen-bond donors (Lipinski definition) is 0. The summed E-state index contributed by atoms with van der Waals surface area (Å²) < 4.78 is 0. The lowest BCUT2D eigenvalue weighted by Crippen LogP contribution is -1.67. The summed E-state index contributed by atoms with van der Waals surface area (Å²) in [7, 11) is 0. The fourth-order valence-electron chi connectivity index (χ4n) is 0.408. The molecule has 0 bridgehead atoms. The molecule has 0 aromatic carbocycles. The lowest BCUT2D eigenvalue weighted by Gasteiger charge is -1.85. The monoisotopic (exact) mass is 115 g/mol. The van der Waals surface area contributed by atoms with Gasteiger partial charge in [0.25, 0.3) is 0 Å². The first-order valence-corrected chi connectivity index (χ1v) is 2.73. The van der Waals surface area contributed by atoms with Crippen LogP contribution in [0.3, 0.4) is 0 Å². The fraction of sp³-hybridized carbons (Fsp3) is 0.833. The molecule has 0 saturated heterocycles. The van der Waals surface area contributed by atoms with Gasteiger partial charge in [-0.2, -0.15) is 0 Å². The molecule has 0 heterocycles. The van der Waals surface area contributed by atoms with E-state index >= 15 is 0 Å². The van der Waals surface area contributed by atoms with Crippen LogP contribution in [0.1, 0.15) is 33.1 Å². The highest BCUT2D eigenvalue weighted by Crippen LogP contribution is 1.93.